The zero-order chi connectivity index (χ0) is 19.2. The molecule has 27 heavy (non-hydrogen) atoms. The van der Waals surface area contributed by atoms with Crippen LogP contribution in [0.1, 0.15) is 5.56 Å². The van der Waals surface area contributed by atoms with Crippen LogP contribution in [0, 0.1) is 10.1 Å². The van der Waals surface area contributed by atoms with E-state index in [-0.39, 0.29) is 24.1 Å². The zero-order valence-corrected chi connectivity index (χ0v) is 15.0. The van der Waals surface area contributed by atoms with E-state index in [0.717, 1.165) is 11.3 Å². The number of nitro groups is 1. The maximum Gasteiger partial charge on any atom is 0.410 e. The van der Waals surface area contributed by atoms with Crippen LogP contribution in [0.4, 0.5) is 16.2 Å². The van der Waals surface area contributed by atoms with Gasteiger partial charge in [0.2, 0.25) is 0 Å². The predicted octanol–water partition coefficient (Wildman–Crippen LogP) is 3.06. The normalized spacial score (nSPS) is 14.0. The molecule has 0 N–H and O–H groups in total. The van der Waals surface area contributed by atoms with Crippen molar-refractivity contribution in [1.82, 2.24) is 4.90 Å². The molecule has 0 saturated carbocycles. The largest absolute Gasteiger partial charge is 0.490 e. The molecule has 0 atom stereocenters. The lowest BCUT2D eigenvalue weighted by Gasteiger charge is -2.35. The summed E-state index contributed by atoms with van der Waals surface area (Å²) in [7, 11) is 1.41. The van der Waals surface area contributed by atoms with Gasteiger partial charge in [0, 0.05) is 44.0 Å². The lowest BCUT2D eigenvalue weighted by atomic mass is 10.2. The summed E-state index contributed by atoms with van der Waals surface area (Å²) in [4.78, 5) is 26.5. The van der Waals surface area contributed by atoms with Gasteiger partial charge < -0.3 is 19.3 Å². The minimum Gasteiger partial charge on any atom is -0.490 e. The van der Waals surface area contributed by atoms with Crippen molar-refractivity contribution >= 4 is 17.5 Å². The third-order valence-corrected chi connectivity index (χ3v) is 4.47. The topological polar surface area (TPSA) is 85.2 Å². The first-order valence-corrected chi connectivity index (χ1v) is 8.61. The molecule has 1 amide bonds. The molecule has 2 aromatic carbocycles. The molecule has 1 aliphatic heterocycles. The summed E-state index contributed by atoms with van der Waals surface area (Å²) in [6.07, 6.45) is -0.334. The third kappa shape index (κ3) is 4.46. The number of anilines is 1. The Hall–Kier alpha value is -3.29. The zero-order valence-electron chi connectivity index (χ0n) is 15.0. The van der Waals surface area contributed by atoms with Crippen LogP contribution in [0.2, 0.25) is 0 Å². The van der Waals surface area contributed by atoms with Crippen molar-refractivity contribution in [1.29, 1.82) is 0 Å². The fourth-order valence-corrected chi connectivity index (χ4v) is 2.97. The Balaban J connectivity index is 1.55. The second-order valence-corrected chi connectivity index (χ2v) is 6.13. The van der Waals surface area contributed by atoms with Crippen molar-refractivity contribution < 1.29 is 19.2 Å². The smallest absolute Gasteiger partial charge is 0.410 e. The van der Waals surface area contributed by atoms with Crippen LogP contribution in [0.25, 0.3) is 0 Å². The van der Waals surface area contributed by atoms with Gasteiger partial charge in [-0.25, -0.2) is 4.79 Å². The molecule has 0 aromatic heterocycles. The number of ether oxygens (including phenoxy) is 2. The van der Waals surface area contributed by atoms with E-state index >= 15 is 0 Å². The molecule has 3 rings (SSSR count). The average molecular weight is 371 g/mol. The van der Waals surface area contributed by atoms with Crippen LogP contribution in [0.15, 0.2) is 48.5 Å². The van der Waals surface area contributed by atoms with Crippen molar-refractivity contribution in [3.63, 3.8) is 0 Å². The minimum absolute atomic E-state index is 0.0654. The van der Waals surface area contributed by atoms with Crippen molar-refractivity contribution in [2.75, 3.05) is 38.2 Å². The van der Waals surface area contributed by atoms with Gasteiger partial charge in [0.05, 0.1) is 12.0 Å². The minimum atomic E-state index is -0.469. The molecule has 8 heteroatoms. The number of piperazine rings is 1. The molecule has 0 bridgehead atoms. The highest BCUT2D eigenvalue weighted by molar-refractivity contribution is 5.68. The molecule has 8 nitrogen and oxygen atoms in total. The quantitative estimate of drug-likeness (QED) is 0.593. The number of methoxy groups -OCH3 is 1. The van der Waals surface area contributed by atoms with Crippen LogP contribution in [-0.2, 0) is 11.3 Å². The summed E-state index contributed by atoms with van der Waals surface area (Å²) >= 11 is 0. The summed E-state index contributed by atoms with van der Waals surface area (Å²) in [5, 5.41) is 11.0. The van der Waals surface area contributed by atoms with Gasteiger partial charge in [0.1, 0.15) is 6.61 Å². The first-order valence-electron chi connectivity index (χ1n) is 8.61. The average Bonchev–Trinajstić information content (AvgIpc) is 2.72. The molecule has 0 unspecified atom stereocenters. The van der Waals surface area contributed by atoms with E-state index in [0.29, 0.717) is 26.2 Å². The molecule has 142 valence electrons. The second-order valence-electron chi connectivity index (χ2n) is 6.13. The lowest BCUT2D eigenvalue weighted by Crippen LogP contribution is -2.48. The number of hydrogen-bond donors (Lipinski definition) is 0. The monoisotopic (exact) mass is 371 g/mol. The van der Waals surface area contributed by atoms with E-state index in [1.54, 1.807) is 17.0 Å². The van der Waals surface area contributed by atoms with Crippen LogP contribution in [-0.4, -0.2) is 49.2 Å². The number of carbonyl (C=O) groups is 1. The molecule has 1 aliphatic rings. The Morgan fingerprint density at radius 3 is 2.44 bits per heavy atom. The number of rotatable bonds is 5. The van der Waals surface area contributed by atoms with Gasteiger partial charge in [0.15, 0.2) is 5.75 Å². The molecule has 0 spiro atoms. The van der Waals surface area contributed by atoms with Gasteiger partial charge in [-0.15, -0.1) is 0 Å². The van der Waals surface area contributed by atoms with Crippen molar-refractivity contribution in [3.05, 3.63) is 64.2 Å². The molecule has 1 fully saturated rings. The predicted molar refractivity (Wildman–Crippen MR) is 100 cm³/mol. The van der Waals surface area contributed by atoms with Gasteiger partial charge in [-0.3, -0.25) is 10.1 Å². The molecule has 1 heterocycles. The Kier molecular flexibility index (Phi) is 5.75. The van der Waals surface area contributed by atoms with Crippen LogP contribution in [0.5, 0.6) is 5.75 Å². The molecular formula is C19H21N3O5. The van der Waals surface area contributed by atoms with Gasteiger partial charge >= 0.3 is 11.8 Å². The number of carbonyl (C=O) groups excluding carboxylic acids is 1. The highest BCUT2D eigenvalue weighted by Crippen LogP contribution is 2.31. The number of hydrogen-bond acceptors (Lipinski definition) is 6. The van der Waals surface area contributed by atoms with Crippen molar-refractivity contribution in [2.24, 2.45) is 0 Å². The number of benzene rings is 2. The first-order chi connectivity index (χ1) is 13.1. The number of nitro benzene ring substituents is 1. The fourth-order valence-electron chi connectivity index (χ4n) is 2.97. The fraction of sp³-hybridized carbons (Fsp3) is 0.316. The van der Waals surface area contributed by atoms with E-state index in [2.05, 4.69) is 4.90 Å². The van der Waals surface area contributed by atoms with Gasteiger partial charge in [-0.1, -0.05) is 30.3 Å². The Bertz CT molecular complexity index is 804. The van der Waals surface area contributed by atoms with Gasteiger partial charge in [0.25, 0.3) is 0 Å². The van der Waals surface area contributed by atoms with Crippen molar-refractivity contribution in [2.45, 2.75) is 6.61 Å². The van der Waals surface area contributed by atoms with E-state index in [1.807, 2.05) is 30.3 Å². The van der Waals surface area contributed by atoms with Gasteiger partial charge in [-0.05, 0) is 11.6 Å². The van der Waals surface area contributed by atoms with E-state index in [9.17, 15) is 14.9 Å². The molecule has 1 saturated heterocycles. The second kappa shape index (κ2) is 8.39. The highest BCUT2D eigenvalue weighted by Gasteiger charge is 2.24. The summed E-state index contributed by atoms with van der Waals surface area (Å²) in [5.74, 6) is 0.224. The standard InChI is InChI=1S/C19H21N3O5/c1-26-18-13-16(7-8-17(18)22(24)25)20-9-11-21(12-10-20)19(23)27-14-15-5-3-2-4-6-15/h2-8,13H,9-12,14H2,1H3. The maximum absolute atomic E-state index is 12.2. The number of nitrogens with zero attached hydrogens (tertiary/aromatic N) is 3. The summed E-state index contributed by atoms with van der Waals surface area (Å²) in [6.45, 7) is 2.52. The Morgan fingerprint density at radius 1 is 1.11 bits per heavy atom. The lowest BCUT2D eigenvalue weighted by molar-refractivity contribution is -0.385. The van der Waals surface area contributed by atoms with Crippen LogP contribution in [0.3, 0.4) is 0 Å². The maximum atomic E-state index is 12.2. The summed E-state index contributed by atoms with van der Waals surface area (Å²) in [6, 6.07) is 14.3. The van der Waals surface area contributed by atoms with Gasteiger partial charge in [-0.2, -0.15) is 0 Å². The highest BCUT2D eigenvalue weighted by atomic mass is 16.6. The van der Waals surface area contributed by atoms with E-state index < -0.39 is 4.92 Å². The van der Waals surface area contributed by atoms with Crippen molar-refractivity contribution in [3.8, 4) is 5.75 Å². The molecular weight excluding hydrogens is 350 g/mol. The van der Waals surface area contributed by atoms with E-state index in [4.69, 9.17) is 9.47 Å². The molecule has 0 radical (unpaired) electrons. The molecule has 2 aromatic rings. The summed E-state index contributed by atoms with van der Waals surface area (Å²) in [5.41, 5.74) is 1.71. The SMILES string of the molecule is COc1cc(N2CCN(C(=O)OCc3ccccc3)CC2)ccc1[N+](=O)[O-]. The first kappa shape index (κ1) is 18.5. The van der Waals surface area contributed by atoms with E-state index in [1.165, 1.54) is 13.2 Å². The third-order valence-electron chi connectivity index (χ3n) is 4.47. The summed E-state index contributed by atoms with van der Waals surface area (Å²) < 4.78 is 10.5. The Morgan fingerprint density at radius 2 is 1.81 bits per heavy atom. The van der Waals surface area contributed by atoms with Crippen LogP contribution < -0.4 is 9.64 Å². The number of amides is 1. The molecule has 0 aliphatic carbocycles. The Labute approximate surface area is 157 Å². The van der Waals surface area contributed by atoms with Crippen LogP contribution >= 0.6 is 0 Å².